The van der Waals surface area contributed by atoms with Crippen LogP contribution in [0.4, 0.5) is 0 Å². The van der Waals surface area contributed by atoms with Crippen LogP contribution < -0.4 is 4.89 Å². The summed E-state index contributed by atoms with van der Waals surface area (Å²) in [6, 6.07) is 0. The minimum absolute atomic E-state index is 0.292. The molecule has 0 amide bonds. The molecule has 0 saturated carbocycles. The zero-order chi connectivity index (χ0) is 7.65. The highest BCUT2D eigenvalue weighted by Crippen LogP contribution is 2.22. The summed E-state index contributed by atoms with van der Waals surface area (Å²) < 4.78 is 10.8. The van der Waals surface area contributed by atoms with Gasteiger partial charge in [-0.3, -0.25) is 4.48 Å². The van der Waals surface area contributed by atoms with E-state index < -0.39 is 8.03 Å². The van der Waals surface area contributed by atoms with Crippen LogP contribution in [0.3, 0.4) is 0 Å². The van der Waals surface area contributed by atoms with E-state index in [4.69, 9.17) is 0 Å². The fraction of sp³-hybridized carbons (Fsp3) is 1.00. The van der Waals surface area contributed by atoms with Crippen molar-refractivity contribution in [2.75, 3.05) is 21.1 Å². The molecule has 0 aliphatic rings. The molecule has 0 aliphatic carbocycles. The molecule has 0 saturated heterocycles. The average molecular weight is 150 g/mol. The van der Waals surface area contributed by atoms with Gasteiger partial charge in [0.25, 0.3) is 5.78 Å². The molecule has 0 N–H and O–H groups in total. The zero-order valence-electron chi connectivity index (χ0n) is 6.29. The van der Waals surface area contributed by atoms with E-state index in [1.807, 2.05) is 21.1 Å². The van der Waals surface area contributed by atoms with Gasteiger partial charge in [0, 0.05) is 6.92 Å². The molecule has 0 rings (SSSR count). The van der Waals surface area contributed by atoms with E-state index >= 15 is 0 Å². The van der Waals surface area contributed by atoms with E-state index in [1.54, 1.807) is 6.92 Å². The predicted molar refractivity (Wildman–Crippen MR) is 35.1 cm³/mol. The summed E-state index contributed by atoms with van der Waals surface area (Å²) in [7, 11) is 3.29. The molecule has 0 bridgehead atoms. The Morgan fingerprint density at radius 3 is 1.78 bits per heavy atom. The molecule has 0 radical (unpaired) electrons. The molecule has 3 nitrogen and oxygen atoms in total. The molecule has 9 heavy (non-hydrogen) atoms. The van der Waals surface area contributed by atoms with Crippen LogP contribution in [0.1, 0.15) is 6.92 Å². The van der Waals surface area contributed by atoms with Crippen molar-refractivity contribution in [3.05, 3.63) is 0 Å². The first kappa shape index (κ1) is 9.02. The second-order valence-electron chi connectivity index (χ2n) is 3.03. The third kappa shape index (κ3) is 2.89. The molecular weight excluding hydrogens is 137 g/mol. The first-order chi connectivity index (χ1) is 3.85. The van der Waals surface area contributed by atoms with Gasteiger partial charge >= 0.3 is 8.03 Å². The third-order valence-electron chi connectivity index (χ3n) is 1.43. The summed E-state index contributed by atoms with van der Waals surface area (Å²) in [5, 5.41) is 0. The Bertz CT molecular complexity index is 119. The van der Waals surface area contributed by atoms with Crippen LogP contribution in [-0.2, 0) is 4.57 Å². The van der Waals surface area contributed by atoms with Gasteiger partial charge in [0.15, 0.2) is 0 Å². The zero-order valence-corrected chi connectivity index (χ0v) is 7.18. The highest BCUT2D eigenvalue weighted by atomic mass is 31.1. The fourth-order valence-corrected chi connectivity index (χ4v) is 0.849. The van der Waals surface area contributed by atoms with Crippen LogP contribution in [0.5, 0.6) is 0 Å². The minimum Gasteiger partial charge on any atom is -0.591 e. The summed E-state index contributed by atoms with van der Waals surface area (Å²) in [5.41, 5.74) is 0. The Labute approximate surface area is 56.8 Å². The van der Waals surface area contributed by atoms with Crippen LogP contribution in [-0.4, -0.2) is 31.4 Å². The smallest absolute Gasteiger partial charge is 0.372 e. The largest absolute Gasteiger partial charge is 0.591 e. The lowest BCUT2D eigenvalue weighted by Crippen LogP contribution is -2.42. The van der Waals surface area contributed by atoms with Crippen LogP contribution in [0, 0.1) is 0 Å². The number of nitrogens with zero attached hydrogens (tertiary/aromatic N) is 1. The van der Waals surface area contributed by atoms with Crippen molar-refractivity contribution in [1.29, 1.82) is 0 Å². The van der Waals surface area contributed by atoms with Gasteiger partial charge in [-0.05, 0) is 0 Å². The van der Waals surface area contributed by atoms with Crippen LogP contribution >= 0.6 is 8.03 Å². The average Bonchev–Trinajstić information content (AvgIpc) is 1.62. The number of hydrogen-bond acceptors (Lipinski definition) is 2. The van der Waals surface area contributed by atoms with Crippen LogP contribution in [0.15, 0.2) is 0 Å². The van der Waals surface area contributed by atoms with Crippen molar-refractivity contribution in [2.45, 2.75) is 12.7 Å². The van der Waals surface area contributed by atoms with Crippen molar-refractivity contribution in [3.8, 4) is 0 Å². The quantitative estimate of drug-likeness (QED) is 0.415. The predicted octanol–water partition coefficient (Wildman–Crippen LogP) is 0.141. The Kier molecular flexibility index (Phi) is 2.74. The number of quaternary nitrogens is 1. The summed E-state index contributed by atoms with van der Waals surface area (Å²) in [4.78, 5) is 10.4. The molecule has 0 fully saturated rings. The maximum atomic E-state index is 10.4. The summed E-state index contributed by atoms with van der Waals surface area (Å²) in [6.45, 7) is 1.70. The fourth-order valence-electron chi connectivity index (χ4n) is 0.283. The van der Waals surface area contributed by atoms with E-state index in [0.29, 0.717) is 4.48 Å². The Hall–Kier alpha value is 0.0200. The Morgan fingerprint density at radius 1 is 1.44 bits per heavy atom. The highest BCUT2D eigenvalue weighted by molar-refractivity contribution is 7.37. The molecule has 54 valence electrons. The Morgan fingerprint density at radius 2 is 1.78 bits per heavy atom. The second kappa shape index (κ2) is 2.74. The lowest BCUT2D eigenvalue weighted by atomic mass is 10.6. The molecule has 0 aromatic heterocycles. The van der Waals surface area contributed by atoms with E-state index in [9.17, 15) is 9.46 Å². The summed E-state index contributed by atoms with van der Waals surface area (Å²) >= 11 is 0. The van der Waals surface area contributed by atoms with Gasteiger partial charge in [-0.1, -0.05) is 4.57 Å². The van der Waals surface area contributed by atoms with E-state index in [-0.39, 0.29) is 5.78 Å². The molecule has 0 aliphatic heterocycles. The third-order valence-corrected chi connectivity index (χ3v) is 2.73. The summed E-state index contributed by atoms with van der Waals surface area (Å²) in [5.74, 6) is -0.292. The molecule has 4 heteroatoms. The SMILES string of the molecule is CC([P+](=O)[O-])[N+](C)(C)C. The molecule has 0 spiro atoms. The van der Waals surface area contributed by atoms with E-state index in [2.05, 4.69) is 0 Å². The van der Waals surface area contributed by atoms with Crippen molar-refractivity contribution < 1.29 is 13.9 Å². The van der Waals surface area contributed by atoms with Crippen molar-refractivity contribution in [3.63, 3.8) is 0 Å². The first-order valence-corrected chi connectivity index (χ1v) is 4.05. The highest BCUT2D eigenvalue weighted by Gasteiger charge is 2.29. The second-order valence-corrected chi connectivity index (χ2v) is 4.35. The molecule has 0 heterocycles. The maximum Gasteiger partial charge on any atom is 0.372 e. The van der Waals surface area contributed by atoms with Gasteiger partial charge < -0.3 is 4.89 Å². The van der Waals surface area contributed by atoms with Crippen molar-refractivity contribution >= 4 is 8.03 Å². The van der Waals surface area contributed by atoms with E-state index in [0.717, 1.165) is 0 Å². The molecule has 0 aromatic rings. The van der Waals surface area contributed by atoms with Crippen LogP contribution in [0.2, 0.25) is 0 Å². The van der Waals surface area contributed by atoms with Gasteiger partial charge in [0.1, 0.15) is 0 Å². The van der Waals surface area contributed by atoms with Gasteiger partial charge in [0.05, 0.1) is 21.1 Å². The number of rotatable bonds is 2. The normalized spacial score (nSPS) is 17.2. The molecule has 2 unspecified atom stereocenters. The van der Waals surface area contributed by atoms with Gasteiger partial charge in [-0.15, -0.1) is 0 Å². The van der Waals surface area contributed by atoms with Crippen molar-refractivity contribution in [2.24, 2.45) is 0 Å². The van der Waals surface area contributed by atoms with Crippen molar-refractivity contribution in [1.82, 2.24) is 0 Å². The topological polar surface area (TPSA) is 40.1 Å². The Balaban J connectivity index is 4.04. The summed E-state index contributed by atoms with van der Waals surface area (Å²) in [6.07, 6.45) is 0. The van der Waals surface area contributed by atoms with Gasteiger partial charge in [-0.2, -0.15) is 0 Å². The lowest BCUT2D eigenvalue weighted by molar-refractivity contribution is -0.881. The molecular formula is C5H13NO2P+. The lowest BCUT2D eigenvalue weighted by Gasteiger charge is -2.24. The molecule has 2 atom stereocenters. The number of hydrogen-bond donors (Lipinski definition) is 0. The van der Waals surface area contributed by atoms with Crippen LogP contribution in [0.25, 0.3) is 0 Å². The van der Waals surface area contributed by atoms with Gasteiger partial charge in [-0.25, -0.2) is 0 Å². The molecule has 0 aromatic carbocycles. The minimum atomic E-state index is -2.28. The maximum absolute atomic E-state index is 10.4. The standard InChI is InChI=1S/C5H13NO2P/c1-5(9(7)8)6(2,3)4/h5H,1-4H3/q+1. The first-order valence-electron chi connectivity index (χ1n) is 2.80. The monoisotopic (exact) mass is 150 g/mol. The van der Waals surface area contributed by atoms with Gasteiger partial charge in [0.2, 0.25) is 0 Å². The van der Waals surface area contributed by atoms with E-state index in [1.165, 1.54) is 0 Å².